The molecule has 0 bridgehead atoms. The number of hydrogen-bond donors (Lipinski definition) is 0. The first-order valence-electron chi connectivity index (χ1n) is 13.7. The maximum atomic E-state index is 15.2. The van der Waals surface area contributed by atoms with Gasteiger partial charge in [-0.1, -0.05) is 38.0 Å². The van der Waals surface area contributed by atoms with Crippen LogP contribution < -0.4 is 0 Å². The summed E-state index contributed by atoms with van der Waals surface area (Å²) >= 11 is 0. The van der Waals surface area contributed by atoms with Crippen molar-refractivity contribution in [3.05, 3.63) is 70.5 Å². The molecule has 0 radical (unpaired) electrons. The van der Waals surface area contributed by atoms with Crippen molar-refractivity contribution in [1.82, 2.24) is 0 Å². The molecule has 3 heteroatoms. The lowest BCUT2D eigenvalue weighted by molar-refractivity contribution is 0.165. The van der Waals surface area contributed by atoms with Crippen LogP contribution in [0, 0.1) is 35.2 Å². The van der Waals surface area contributed by atoms with Gasteiger partial charge in [-0.05, 0) is 135 Å². The molecular formula is C31H39F3. The van der Waals surface area contributed by atoms with Crippen LogP contribution in [0.5, 0.6) is 0 Å². The van der Waals surface area contributed by atoms with E-state index in [1.807, 2.05) is 12.1 Å². The third-order valence-corrected chi connectivity index (χ3v) is 9.58. The summed E-state index contributed by atoms with van der Waals surface area (Å²) in [5.41, 5.74) is 2.90. The van der Waals surface area contributed by atoms with Gasteiger partial charge in [0.2, 0.25) is 0 Å². The van der Waals surface area contributed by atoms with Crippen molar-refractivity contribution in [2.75, 3.05) is 0 Å². The Hall–Kier alpha value is -1.77. The molecule has 2 aromatic carbocycles. The van der Waals surface area contributed by atoms with Crippen LogP contribution in [-0.2, 0) is 0 Å². The van der Waals surface area contributed by atoms with Gasteiger partial charge in [-0.2, -0.15) is 0 Å². The first-order chi connectivity index (χ1) is 16.5. The van der Waals surface area contributed by atoms with E-state index < -0.39 is 11.6 Å². The molecule has 0 spiro atoms. The zero-order chi connectivity index (χ0) is 23.7. The van der Waals surface area contributed by atoms with E-state index in [4.69, 9.17) is 0 Å². The average Bonchev–Trinajstić information content (AvgIpc) is 2.86. The SMILES string of the molecule is CC1CCC(C2CCC(c3ccc(C4CCC(c5ccc(F)c(F)c5)CC4)c(F)c3)CC2)CC1. The molecule has 3 saturated carbocycles. The van der Waals surface area contributed by atoms with E-state index in [0.717, 1.165) is 54.6 Å². The second-order valence-corrected chi connectivity index (χ2v) is 11.6. The highest BCUT2D eigenvalue weighted by Crippen LogP contribution is 2.45. The van der Waals surface area contributed by atoms with Gasteiger partial charge in [0.15, 0.2) is 11.6 Å². The fourth-order valence-corrected chi connectivity index (χ4v) is 7.31. The van der Waals surface area contributed by atoms with Gasteiger partial charge < -0.3 is 0 Å². The van der Waals surface area contributed by atoms with E-state index in [9.17, 15) is 8.78 Å². The smallest absolute Gasteiger partial charge is 0.159 e. The van der Waals surface area contributed by atoms with Crippen molar-refractivity contribution >= 4 is 0 Å². The Labute approximate surface area is 203 Å². The van der Waals surface area contributed by atoms with E-state index in [1.54, 1.807) is 6.07 Å². The van der Waals surface area contributed by atoms with Gasteiger partial charge in [-0.25, -0.2) is 13.2 Å². The number of benzene rings is 2. The second kappa shape index (κ2) is 10.5. The predicted octanol–water partition coefficient (Wildman–Crippen LogP) is 9.65. The van der Waals surface area contributed by atoms with Crippen molar-refractivity contribution in [3.8, 4) is 0 Å². The Morgan fingerprint density at radius 3 is 1.53 bits per heavy atom. The summed E-state index contributed by atoms with van der Waals surface area (Å²) in [6.45, 7) is 2.39. The summed E-state index contributed by atoms with van der Waals surface area (Å²) in [5.74, 6) is 2.07. The normalized spacial score (nSPS) is 32.5. The summed E-state index contributed by atoms with van der Waals surface area (Å²) in [7, 11) is 0. The molecule has 5 rings (SSSR count). The fraction of sp³-hybridized carbons (Fsp3) is 0.613. The monoisotopic (exact) mass is 468 g/mol. The van der Waals surface area contributed by atoms with Crippen molar-refractivity contribution in [2.45, 2.75) is 102 Å². The van der Waals surface area contributed by atoms with Crippen LogP contribution in [0.2, 0.25) is 0 Å². The second-order valence-electron chi connectivity index (χ2n) is 11.6. The molecule has 0 aromatic heterocycles. The molecule has 0 N–H and O–H groups in total. The summed E-state index contributed by atoms with van der Waals surface area (Å²) in [6.07, 6.45) is 14.2. The van der Waals surface area contributed by atoms with Gasteiger partial charge >= 0.3 is 0 Å². The number of halogens is 3. The third kappa shape index (κ3) is 5.24. The molecule has 0 heterocycles. The molecule has 0 saturated heterocycles. The number of hydrogen-bond acceptors (Lipinski definition) is 0. The highest BCUT2D eigenvalue weighted by molar-refractivity contribution is 5.31. The summed E-state index contributed by atoms with van der Waals surface area (Å²) in [6, 6.07) is 10.3. The Kier molecular flexibility index (Phi) is 7.37. The number of rotatable bonds is 4. The van der Waals surface area contributed by atoms with Crippen molar-refractivity contribution in [2.24, 2.45) is 17.8 Å². The van der Waals surface area contributed by atoms with Crippen molar-refractivity contribution in [3.63, 3.8) is 0 Å². The predicted molar refractivity (Wildman–Crippen MR) is 133 cm³/mol. The molecule has 3 aliphatic rings. The van der Waals surface area contributed by atoms with Gasteiger partial charge in [-0.3, -0.25) is 0 Å². The van der Waals surface area contributed by atoms with E-state index in [-0.39, 0.29) is 17.7 Å². The summed E-state index contributed by atoms with van der Waals surface area (Å²) in [5, 5.41) is 0. The van der Waals surface area contributed by atoms with Gasteiger partial charge in [-0.15, -0.1) is 0 Å². The zero-order valence-electron chi connectivity index (χ0n) is 20.5. The van der Waals surface area contributed by atoms with Crippen LogP contribution in [0.3, 0.4) is 0 Å². The minimum Gasteiger partial charge on any atom is -0.207 e. The molecule has 0 aliphatic heterocycles. The lowest BCUT2D eigenvalue weighted by atomic mass is 9.68. The summed E-state index contributed by atoms with van der Waals surface area (Å²) in [4.78, 5) is 0. The Balaban J connectivity index is 1.16. The van der Waals surface area contributed by atoms with Gasteiger partial charge in [0, 0.05) is 0 Å². The molecule has 184 valence electrons. The third-order valence-electron chi connectivity index (χ3n) is 9.58. The van der Waals surface area contributed by atoms with Crippen LogP contribution in [0.25, 0.3) is 0 Å². The lowest BCUT2D eigenvalue weighted by Crippen LogP contribution is -2.24. The Morgan fingerprint density at radius 1 is 0.500 bits per heavy atom. The minimum atomic E-state index is -0.795. The Bertz CT molecular complexity index is 959. The van der Waals surface area contributed by atoms with Crippen LogP contribution >= 0.6 is 0 Å². The molecule has 0 amide bonds. The highest BCUT2D eigenvalue weighted by atomic mass is 19.2. The maximum Gasteiger partial charge on any atom is 0.159 e. The van der Waals surface area contributed by atoms with Gasteiger partial charge in [0.25, 0.3) is 0 Å². The van der Waals surface area contributed by atoms with E-state index in [1.165, 1.54) is 69.1 Å². The lowest BCUT2D eigenvalue weighted by Gasteiger charge is -2.37. The van der Waals surface area contributed by atoms with Crippen molar-refractivity contribution in [1.29, 1.82) is 0 Å². The summed E-state index contributed by atoms with van der Waals surface area (Å²) < 4.78 is 42.1. The van der Waals surface area contributed by atoms with E-state index in [0.29, 0.717) is 5.92 Å². The van der Waals surface area contributed by atoms with Crippen LogP contribution in [-0.4, -0.2) is 0 Å². The molecule has 0 atom stereocenters. The van der Waals surface area contributed by atoms with Crippen LogP contribution in [0.4, 0.5) is 13.2 Å². The first kappa shape index (κ1) is 23.9. The zero-order valence-corrected chi connectivity index (χ0v) is 20.5. The first-order valence-corrected chi connectivity index (χ1v) is 13.7. The molecule has 2 aromatic rings. The highest BCUT2D eigenvalue weighted by Gasteiger charge is 2.31. The van der Waals surface area contributed by atoms with Crippen molar-refractivity contribution < 1.29 is 13.2 Å². The minimum absolute atomic E-state index is 0.0443. The van der Waals surface area contributed by atoms with Gasteiger partial charge in [0.1, 0.15) is 5.82 Å². The molecule has 0 unspecified atom stereocenters. The van der Waals surface area contributed by atoms with Crippen LogP contribution in [0.15, 0.2) is 36.4 Å². The standard InChI is InChI=1S/C31H39F3/c1-20-2-4-21(5-3-20)22-6-8-23(9-7-22)26-14-16-28(30(33)18-26)25-12-10-24(11-13-25)27-15-17-29(32)31(34)19-27/h14-25H,2-13H2,1H3. The molecule has 34 heavy (non-hydrogen) atoms. The van der Waals surface area contributed by atoms with E-state index >= 15 is 4.39 Å². The molecule has 3 aliphatic carbocycles. The Morgan fingerprint density at radius 2 is 0.971 bits per heavy atom. The largest absolute Gasteiger partial charge is 0.207 e. The van der Waals surface area contributed by atoms with E-state index in [2.05, 4.69) is 13.0 Å². The maximum absolute atomic E-state index is 15.2. The topological polar surface area (TPSA) is 0 Å². The molecule has 0 nitrogen and oxygen atoms in total. The molecular weight excluding hydrogens is 429 g/mol. The fourth-order valence-electron chi connectivity index (χ4n) is 7.31. The molecule has 3 fully saturated rings. The average molecular weight is 469 g/mol. The quantitative estimate of drug-likeness (QED) is 0.419. The van der Waals surface area contributed by atoms with Gasteiger partial charge in [0.05, 0.1) is 0 Å². The van der Waals surface area contributed by atoms with Crippen LogP contribution in [0.1, 0.15) is 118 Å².